The fourth-order valence-electron chi connectivity index (χ4n) is 2.05. The van der Waals surface area contributed by atoms with Gasteiger partial charge in [0.25, 0.3) is 0 Å². The van der Waals surface area contributed by atoms with Gasteiger partial charge in [0.1, 0.15) is 11.5 Å². The lowest BCUT2D eigenvalue weighted by Gasteiger charge is -2.52. The van der Waals surface area contributed by atoms with Gasteiger partial charge in [0, 0.05) is 6.54 Å². The molecular formula is C13H23NO6. The summed E-state index contributed by atoms with van der Waals surface area (Å²) in [4.78, 5) is 24.1. The fraction of sp³-hybridized carbons (Fsp3) is 0.846. The van der Waals surface area contributed by atoms with Gasteiger partial charge in [0.15, 0.2) is 0 Å². The average molecular weight is 289 g/mol. The van der Waals surface area contributed by atoms with Crippen LogP contribution in [0.15, 0.2) is 0 Å². The molecule has 3 N–H and O–H groups in total. The summed E-state index contributed by atoms with van der Waals surface area (Å²) >= 11 is 0. The molecule has 3 atom stereocenters. The van der Waals surface area contributed by atoms with Crippen LogP contribution in [0, 0.1) is 10.8 Å². The molecule has 0 aromatic heterocycles. The zero-order valence-corrected chi connectivity index (χ0v) is 12.3. The van der Waals surface area contributed by atoms with E-state index in [0.29, 0.717) is 0 Å². The van der Waals surface area contributed by atoms with Gasteiger partial charge < -0.3 is 25.0 Å². The minimum absolute atomic E-state index is 0.167. The van der Waals surface area contributed by atoms with Gasteiger partial charge in [0.05, 0.1) is 19.3 Å². The van der Waals surface area contributed by atoms with E-state index in [4.69, 9.17) is 9.84 Å². The summed E-state index contributed by atoms with van der Waals surface area (Å²) in [6.45, 7) is 6.20. The maximum absolute atomic E-state index is 12.3. The highest BCUT2D eigenvalue weighted by atomic mass is 16.5. The van der Waals surface area contributed by atoms with E-state index in [2.05, 4.69) is 0 Å². The van der Waals surface area contributed by atoms with Gasteiger partial charge in [0.2, 0.25) is 0 Å². The van der Waals surface area contributed by atoms with Crippen molar-refractivity contribution < 1.29 is 29.6 Å². The molecule has 0 spiro atoms. The number of carbonyl (C=O) groups excluding carboxylic acids is 1. The van der Waals surface area contributed by atoms with E-state index >= 15 is 0 Å². The van der Waals surface area contributed by atoms with Crippen molar-refractivity contribution in [3.63, 3.8) is 0 Å². The van der Waals surface area contributed by atoms with Crippen molar-refractivity contribution >= 4 is 12.1 Å². The molecule has 116 valence electrons. The van der Waals surface area contributed by atoms with Crippen LogP contribution in [0.3, 0.4) is 0 Å². The predicted octanol–water partition coefficient (Wildman–Crippen LogP) is 0.297. The molecule has 3 unspecified atom stereocenters. The number of hydrogen-bond donors (Lipinski definition) is 3. The Balaban J connectivity index is 2.86. The molecule has 7 nitrogen and oxygen atoms in total. The first-order valence-corrected chi connectivity index (χ1v) is 6.52. The number of aliphatic hydroxyl groups excluding tert-OH is 2. The zero-order chi connectivity index (χ0) is 15.7. The lowest BCUT2D eigenvalue weighted by Crippen LogP contribution is -2.72. The van der Waals surface area contributed by atoms with Crippen molar-refractivity contribution in [2.45, 2.75) is 39.8 Å². The van der Waals surface area contributed by atoms with E-state index in [1.54, 1.807) is 6.92 Å². The number of ether oxygens (including phenoxy) is 1. The van der Waals surface area contributed by atoms with Crippen LogP contribution in [0.4, 0.5) is 4.79 Å². The second kappa shape index (κ2) is 5.57. The SMILES string of the molecule is CC(OC(=O)C1(CO)CN(C(=O)O)C1CO)C(C)(C)C. The quantitative estimate of drug-likeness (QED) is 0.642. The number of hydrogen-bond acceptors (Lipinski definition) is 5. The molecule has 1 rings (SSSR count). The number of carbonyl (C=O) groups is 2. The van der Waals surface area contributed by atoms with Crippen LogP contribution in [-0.4, -0.2) is 64.2 Å². The van der Waals surface area contributed by atoms with Crippen molar-refractivity contribution in [3.05, 3.63) is 0 Å². The van der Waals surface area contributed by atoms with Gasteiger partial charge in [-0.05, 0) is 12.3 Å². The highest BCUT2D eigenvalue weighted by Gasteiger charge is 2.60. The second-order valence-electron chi connectivity index (χ2n) is 6.34. The Kier molecular flexibility index (Phi) is 4.66. The van der Waals surface area contributed by atoms with E-state index in [0.717, 1.165) is 4.90 Å². The summed E-state index contributed by atoms with van der Waals surface area (Å²) in [6, 6.07) is -0.968. The number of likely N-dealkylation sites (tertiary alicyclic amines) is 1. The van der Waals surface area contributed by atoms with Crippen LogP contribution in [0.1, 0.15) is 27.7 Å². The van der Waals surface area contributed by atoms with Crippen LogP contribution in [-0.2, 0) is 9.53 Å². The minimum atomic E-state index is -1.37. The molecule has 1 aliphatic rings. The Morgan fingerprint density at radius 2 is 1.95 bits per heavy atom. The normalized spacial score (nSPS) is 27.7. The first-order chi connectivity index (χ1) is 9.10. The lowest BCUT2D eigenvalue weighted by atomic mass is 9.72. The topological polar surface area (TPSA) is 107 Å². The molecule has 1 amide bonds. The Labute approximate surface area is 118 Å². The number of amides is 1. The number of esters is 1. The molecule has 1 fully saturated rings. The Hall–Kier alpha value is -1.34. The third-order valence-electron chi connectivity index (χ3n) is 4.08. The molecule has 7 heteroatoms. The molecule has 0 aromatic rings. The van der Waals surface area contributed by atoms with Crippen molar-refractivity contribution in [1.82, 2.24) is 4.90 Å². The molecular weight excluding hydrogens is 266 g/mol. The van der Waals surface area contributed by atoms with E-state index in [-0.39, 0.29) is 12.0 Å². The highest BCUT2D eigenvalue weighted by Crippen LogP contribution is 2.39. The number of nitrogens with zero attached hydrogens (tertiary/aromatic N) is 1. The predicted molar refractivity (Wildman–Crippen MR) is 70.1 cm³/mol. The summed E-state index contributed by atoms with van der Waals surface area (Å²) in [5.41, 5.74) is -1.64. The molecule has 1 aliphatic heterocycles. The van der Waals surface area contributed by atoms with Gasteiger partial charge in [-0.2, -0.15) is 0 Å². The average Bonchev–Trinajstić information content (AvgIpc) is 2.27. The minimum Gasteiger partial charge on any atom is -0.465 e. The third kappa shape index (κ3) is 2.73. The van der Waals surface area contributed by atoms with E-state index in [1.807, 2.05) is 20.8 Å². The van der Waals surface area contributed by atoms with E-state index < -0.39 is 42.8 Å². The Bertz CT molecular complexity index is 391. The molecule has 1 saturated heterocycles. The van der Waals surface area contributed by atoms with Crippen molar-refractivity contribution in [2.75, 3.05) is 19.8 Å². The largest absolute Gasteiger partial charge is 0.465 e. The summed E-state index contributed by atoms with van der Waals surface area (Å²) in [5.74, 6) is -0.668. The molecule has 0 bridgehead atoms. The maximum Gasteiger partial charge on any atom is 0.407 e. The van der Waals surface area contributed by atoms with Gasteiger partial charge >= 0.3 is 12.1 Å². The van der Waals surface area contributed by atoms with E-state index in [9.17, 15) is 19.8 Å². The molecule has 1 heterocycles. The molecule has 0 radical (unpaired) electrons. The zero-order valence-electron chi connectivity index (χ0n) is 12.3. The standard InChI is InChI=1S/C13H23NO6/c1-8(12(2,3)4)20-10(17)13(7-16)6-14(11(18)19)9(13)5-15/h8-9,15-16H,5-7H2,1-4H3,(H,18,19). The molecule has 0 aromatic carbocycles. The lowest BCUT2D eigenvalue weighted by molar-refractivity contribution is -0.192. The molecule has 0 aliphatic carbocycles. The summed E-state index contributed by atoms with van der Waals surface area (Å²) in [5, 5.41) is 27.7. The van der Waals surface area contributed by atoms with Crippen molar-refractivity contribution in [3.8, 4) is 0 Å². The third-order valence-corrected chi connectivity index (χ3v) is 4.08. The van der Waals surface area contributed by atoms with Crippen LogP contribution in [0.2, 0.25) is 0 Å². The number of rotatable bonds is 4. The second-order valence-corrected chi connectivity index (χ2v) is 6.34. The molecule has 20 heavy (non-hydrogen) atoms. The maximum atomic E-state index is 12.3. The van der Waals surface area contributed by atoms with Crippen LogP contribution in [0.25, 0.3) is 0 Å². The first-order valence-electron chi connectivity index (χ1n) is 6.52. The smallest absolute Gasteiger partial charge is 0.407 e. The van der Waals surface area contributed by atoms with Crippen molar-refractivity contribution in [1.29, 1.82) is 0 Å². The van der Waals surface area contributed by atoms with E-state index in [1.165, 1.54) is 0 Å². The Morgan fingerprint density at radius 3 is 2.30 bits per heavy atom. The fourth-order valence-corrected chi connectivity index (χ4v) is 2.05. The number of aliphatic hydroxyl groups is 2. The summed E-state index contributed by atoms with van der Waals surface area (Å²) < 4.78 is 5.34. The number of carboxylic acid groups (broad SMARTS) is 1. The molecule has 0 saturated carbocycles. The van der Waals surface area contributed by atoms with Gasteiger partial charge in [-0.15, -0.1) is 0 Å². The summed E-state index contributed by atoms with van der Waals surface area (Å²) in [7, 11) is 0. The highest BCUT2D eigenvalue weighted by molar-refractivity contribution is 5.83. The summed E-state index contributed by atoms with van der Waals surface area (Å²) in [6.07, 6.45) is -1.62. The van der Waals surface area contributed by atoms with Gasteiger partial charge in [-0.3, -0.25) is 4.79 Å². The van der Waals surface area contributed by atoms with Crippen molar-refractivity contribution in [2.24, 2.45) is 10.8 Å². The first kappa shape index (κ1) is 16.7. The van der Waals surface area contributed by atoms with Gasteiger partial charge in [-0.25, -0.2) is 4.79 Å². The van der Waals surface area contributed by atoms with Crippen LogP contribution < -0.4 is 0 Å². The monoisotopic (exact) mass is 289 g/mol. The Morgan fingerprint density at radius 1 is 1.40 bits per heavy atom. The van der Waals surface area contributed by atoms with Crippen LogP contribution in [0.5, 0.6) is 0 Å². The van der Waals surface area contributed by atoms with Gasteiger partial charge in [-0.1, -0.05) is 20.8 Å². The van der Waals surface area contributed by atoms with Crippen LogP contribution >= 0.6 is 0 Å².